The molecule has 0 unspecified atom stereocenters. The molecule has 109 valence electrons. The maximum absolute atomic E-state index is 4.81. The third-order valence-corrected chi connectivity index (χ3v) is 3.83. The fraction of sp³-hybridized carbons (Fsp3) is 0.0500. The molecule has 2 heteroatoms. The third kappa shape index (κ3) is 2.56. The van der Waals surface area contributed by atoms with Gasteiger partial charge in [0.25, 0.3) is 0 Å². The normalized spacial score (nSPS) is 10.6. The molecule has 0 saturated heterocycles. The zero-order valence-corrected chi connectivity index (χ0v) is 14.5. The van der Waals surface area contributed by atoms with Crippen molar-refractivity contribution >= 4 is 21.7 Å². The van der Waals surface area contributed by atoms with E-state index < -0.39 is 0 Å². The summed E-state index contributed by atoms with van der Waals surface area (Å²) >= 11 is 0. The van der Waals surface area contributed by atoms with Crippen molar-refractivity contribution in [1.82, 2.24) is 4.98 Å². The summed E-state index contributed by atoms with van der Waals surface area (Å²) in [7, 11) is 0. The number of hydrogen-bond acceptors (Lipinski definition) is 1. The van der Waals surface area contributed by atoms with Gasteiger partial charge in [0.2, 0.25) is 0 Å². The fourth-order valence-electron chi connectivity index (χ4n) is 2.76. The Morgan fingerprint density at radius 3 is 2.59 bits per heavy atom. The summed E-state index contributed by atoms with van der Waals surface area (Å²) in [4.78, 5) is 4.81. The van der Waals surface area contributed by atoms with Crippen molar-refractivity contribution in [2.24, 2.45) is 0 Å². The predicted octanol–water partition coefficient (Wildman–Crippen LogP) is 5.16. The minimum Gasteiger partial charge on any atom is -0.296 e. The number of aromatic nitrogens is 1. The molecule has 1 nitrogen and oxygen atoms in total. The quantitative estimate of drug-likeness (QED) is 0.282. The van der Waals surface area contributed by atoms with Gasteiger partial charge in [-0.1, -0.05) is 49.4 Å². The minimum atomic E-state index is 0. The van der Waals surface area contributed by atoms with Crippen molar-refractivity contribution in [2.75, 3.05) is 0 Å². The van der Waals surface area contributed by atoms with Crippen LogP contribution in [0.15, 0.2) is 66.7 Å². The molecule has 1 aromatic heterocycles. The molecule has 0 atom stereocenters. The van der Waals surface area contributed by atoms with Crippen LogP contribution in [0.4, 0.5) is 0 Å². The van der Waals surface area contributed by atoms with Crippen LogP contribution in [-0.4, -0.2) is 4.98 Å². The van der Waals surface area contributed by atoms with E-state index in [2.05, 4.69) is 73.7 Å². The molecular formula is C20H14IrN-. The van der Waals surface area contributed by atoms with Crippen LogP contribution < -0.4 is 0 Å². The molecule has 0 aliphatic rings. The van der Waals surface area contributed by atoms with E-state index in [0.717, 1.165) is 16.8 Å². The molecule has 1 heterocycles. The second-order valence-corrected chi connectivity index (χ2v) is 5.33. The Hall–Kier alpha value is -2.02. The summed E-state index contributed by atoms with van der Waals surface area (Å²) in [6.07, 6.45) is 0. The molecule has 0 amide bonds. The smallest absolute Gasteiger partial charge is 0.0601 e. The summed E-state index contributed by atoms with van der Waals surface area (Å²) in [5.41, 5.74) is 4.27. The average Bonchev–Trinajstić information content (AvgIpc) is 2.54. The monoisotopic (exact) mass is 461 g/mol. The largest absolute Gasteiger partial charge is 0.296 e. The third-order valence-electron chi connectivity index (χ3n) is 3.83. The molecule has 4 rings (SSSR count). The number of pyridine rings is 1. The van der Waals surface area contributed by atoms with E-state index in [1.165, 1.54) is 21.7 Å². The van der Waals surface area contributed by atoms with Crippen molar-refractivity contribution in [3.05, 3.63) is 78.4 Å². The van der Waals surface area contributed by atoms with Crippen LogP contribution in [0.5, 0.6) is 0 Å². The number of fused-ring (bicyclic) bond motifs is 3. The molecule has 0 N–H and O–H groups in total. The van der Waals surface area contributed by atoms with Crippen LogP contribution >= 0.6 is 0 Å². The second-order valence-electron chi connectivity index (χ2n) is 5.33. The minimum absolute atomic E-state index is 0. The van der Waals surface area contributed by atoms with E-state index in [0.29, 0.717) is 0 Å². The number of hydrogen-bond donors (Lipinski definition) is 0. The van der Waals surface area contributed by atoms with Crippen LogP contribution in [0.1, 0.15) is 5.56 Å². The van der Waals surface area contributed by atoms with Crippen molar-refractivity contribution in [2.45, 2.75) is 6.92 Å². The Morgan fingerprint density at radius 2 is 1.73 bits per heavy atom. The standard InChI is InChI=1S/C20H14N.Ir/c1-14-5-4-7-16(13-14)19-12-10-18-17-8-3-2-6-15(17)9-11-20(18)21-19;/h2-6,8-13H,1H3;/q-1;. The van der Waals surface area contributed by atoms with Gasteiger partial charge in [0.05, 0.1) is 5.52 Å². The zero-order chi connectivity index (χ0) is 14.2. The summed E-state index contributed by atoms with van der Waals surface area (Å²) in [5, 5.41) is 3.70. The first-order valence-corrected chi connectivity index (χ1v) is 7.08. The first kappa shape index (κ1) is 14.9. The van der Waals surface area contributed by atoms with E-state index in [4.69, 9.17) is 4.98 Å². The van der Waals surface area contributed by atoms with Crippen LogP contribution in [0.3, 0.4) is 0 Å². The second kappa shape index (κ2) is 6.00. The maximum atomic E-state index is 4.81. The number of benzene rings is 3. The fourth-order valence-corrected chi connectivity index (χ4v) is 2.76. The molecule has 0 saturated carbocycles. The molecule has 1 radical (unpaired) electrons. The Kier molecular flexibility index (Phi) is 4.06. The van der Waals surface area contributed by atoms with Gasteiger partial charge in [0, 0.05) is 25.5 Å². The van der Waals surface area contributed by atoms with Crippen LogP contribution in [-0.2, 0) is 20.1 Å². The van der Waals surface area contributed by atoms with Crippen LogP contribution in [0, 0.1) is 13.0 Å². The van der Waals surface area contributed by atoms with Crippen molar-refractivity contribution in [3.8, 4) is 11.3 Å². The SMILES string of the molecule is Cc1cc[c-]c(-c2ccc3c(ccc4ccccc43)n2)c1.[Ir]. The molecular weight excluding hydrogens is 446 g/mol. The van der Waals surface area contributed by atoms with E-state index >= 15 is 0 Å². The molecule has 0 bridgehead atoms. The van der Waals surface area contributed by atoms with E-state index in [1.807, 2.05) is 6.07 Å². The molecule has 0 fully saturated rings. The summed E-state index contributed by atoms with van der Waals surface area (Å²) < 4.78 is 0. The molecule has 0 aliphatic carbocycles. The number of nitrogens with zero attached hydrogens (tertiary/aromatic N) is 1. The van der Waals surface area contributed by atoms with Gasteiger partial charge < -0.3 is 0 Å². The predicted molar refractivity (Wildman–Crippen MR) is 88.3 cm³/mol. The molecule has 4 aromatic rings. The molecule has 22 heavy (non-hydrogen) atoms. The van der Waals surface area contributed by atoms with Crippen molar-refractivity contribution < 1.29 is 20.1 Å². The van der Waals surface area contributed by atoms with Gasteiger partial charge in [-0.15, -0.1) is 35.4 Å². The van der Waals surface area contributed by atoms with Gasteiger partial charge in [0.15, 0.2) is 0 Å². The van der Waals surface area contributed by atoms with Gasteiger partial charge in [-0.25, -0.2) is 0 Å². The summed E-state index contributed by atoms with van der Waals surface area (Å²) in [5.74, 6) is 0. The Balaban J connectivity index is 0.00000144. The van der Waals surface area contributed by atoms with Crippen molar-refractivity contribution in [3.63, 3.8) is 0 Å². The van der Waals surface area contributed by atoms with Gasteiger partial charge in [-0.2, -0.15) is 0 Å². The van der Waals surface area contributed by atoms with Crippen LogP contribution in [0.25, 0.3) is 32.9 Å². The summed E-state index contributed by atoms with van der Waals surface area (Å²) in [6, 6.07) is 26.3. The molecule has 0 aliphatic heterocycles. The maximum Gasteiger partial charge on any atom is 0.0601 e. The summed E-state index contributed by atoms with van der Waals surface area (Å²) in [6.45, 7) is 2.09. The van der Waals surface area contributed by atoms with E-state index in [-0.39, 0.29) is 20.1 Å². The molecule has 3 aromatic carbocycles. The van der Waals surface area contributed by atoms with Crippen molar-refractivity contribution in [1.29, 1.82) is 0 Å². The van der Waals surface area contributed by atoms with Gasteiger partial charge in [-0.05, 0) is 22.5 Å². The van der Waals surface area contributed by atoms with E-state index in [9.17, 15) is 0 Å². The first-order chi connectivity index (χ1) is 10.3. The Labute approximate surface area is 143 Å². The van der Waals surface area contributed by atoms with E-state index in [1.54, 1.807) is 0 Å². The average molecular weight is 461 g/mol. The van der Waals surface area contributed by atoms with Gasteiger partial charge in [-0.3, -0.25) is 4.98 Å². The Morgan fingerprint density at radius 1 is 0.864 bits per heavy atom. The first-order valence-electron chi connectivity index (χ1n) is 7.08. The number of rotatable bonds is 1. The molecule has 0 spiro atoms. The van der Waals surface area contributed by atoms with Crippen LogP contribution in [0.2, 0.25) is 0 Å². The topological polar surface area (TPSA) is 12.9 Å². The van der Waals surface area contributed by atoms with Gasteiger partial charge in [0.1, 0.15) is 0 Å². The zero-order valence-electron chi connectivity index (χ0n) is 12.1. The van der Waals surface area contributed by atoms with Gasteiger partial charge >= 0.3 is 0 Å². The Bertz CT molecular complexity index is 960. The number of aryl methyl sites for hydroxylation is 1.